The summed E-state index contributed by atoms with van der Waals surface area (Å²) in [5, 5.41) is 0. The largest absolute Gasteiger partial charge is 0.406 e. The highest BCUT2D eigenvalue weighted by molar-refractivity contribution is 6.04. The van der Waals surface area contributed by atoms with Crippen molar-refractivity contribution in [3.05, 3.63) is 17.8 Å². The molecule has 2 rings (SSSR count). The Morgan fingerprint density at radius 2 is 2.00 bits per heavy atom. The second-order valence-corrected chi connectivity index (χ2v) is 4.61. The number of hydrogen-bond acceptors (Lipinski definition) is 3. The van der Waals surface area contributed by atoms with Crippen LogP contribution in [-0.4, -0.2) is 36.7 Å². The van der Waals surface area contributed by atoms with Crippen LogP contribution in [0.3, 0.4) is 0 Å². The summed E-state index contributed by atoms with van der Waals surface area (Å²) in [6.45, 7) is 1.97. The molecule has 1 unspecified atom stereocenters. The summed E-state index contributed by atoms with van der Waals surface area (Å²) in [5.41, 5.74) is 1.01. The first-order valence-corrected chi connectivity index (χ1v) is 5.79. The van der Waals surface area contributed by atoms with Crippen molar-refractivity contribution in [1.29, 1.82) is 0 Å². The van der Waals surface area contributed by atoms with Gasteiger partial charge >= 0.3 is 6.18 Å². The van der Waals surface area contributed by atoms with Gasteiger partial charge in [0.25, 0.3) is 0 Å². The van der Waals surface area contributed by atoms with Crippen LogP contribution in [0.1, 0.15) is 12.6 Å². The molecule has 0 saturated carbocycles. The third kappa shape index (κ3) is 2.50. The number of fused-ring (bicyclic) bond motifs is 1. The van der Waals surface area contributed by atoms with Crippen molar-refractivity contribution in [2.24, 2.45) is 0 Å². The minimum absolute atomic E-state index is 0.201. The Hall–Kier alpha value is -1.79. The molecule has 1 amide bonds. The fourth-order valence-corrected chi connectivity index (χ4v) is 2.13. The lowest BCUT2D eigenvalue weighted by molar-refractivity contribution is -0.126. The number of halogens is 3. The van der Waals surface area contributed by atoms with Crippen molar-refractivity contribution in [2.45, 2.75) is 26.1 Å². The minimum atomic E-state index is -4.38. The van der Waals surface area contributed by atoms with Crippen LogP contribution in [0.5, 0.6) is 0 Å². The van der Waals surface area contributed by atoms with Gasteiger partial charge in [0.15, 0.2) is 5.82 Å². The highest BCUT2D eigenvalue weighted by atomic mass is 19.4. The average molecular weight is 273 g/mol. The number of alkyl halides is 3. The molecule has 2 heterocycles. The molecular formula is C12H14F3N3O. The highest BCUT2D eigenvalue weighted by Crippen LogP contribution is 2.35. The first kappa shape index (κ1) is 13.6. The Morgan fingerprint density at radius 1 is 1.37 bits per heavy atom. The molecule has 0 aliphatic carbocycles. The summed E-state index contributed by atoms with van der Waals surface area (Å²) in [6, 6.07) is 2.41. The number of pyridine rings is 1. The second-order valence-electron chi connectivity index (χ2n) is 4.61. The number of aryl methyl sites for hydroxylation is 1. The Bertz CT molecular complexity index is 515. The first-order chi connectivity index (χ1) is 8.70. The number of carbonyl (C=O) groups excluding carboxylic acids is 1. The van der Waals surface area contributed by atoms with Crippen LogP contribution in [0.4, 0.5) is 24.7 Å². The zero-order valence-electron chi connectivity index (χ0n) is 10.8. The van der Waals surface area contributed by atoms with Crippen LogP contribution >= 0.6 is 0 Å². The summed E-state index contributed by atoms with van der Waals surface area (Å²) in [6.07, 6.45) is -4.38. The maximum absolute atomic E-state index is 12.6. The summed E-state index contributed by atoms with van der Waals surface area (Å²) in [7, 11) is 1.54. The van der Waals surface area contributed by atoms with E-state index < -0.39 is 18.8 Å². The van der Waals surface area contributed by atoms with Crippen LogP contribution in [0.15, 0.2) is 12.1 Å². The van der Waals surface area contributed by atoms with E-state index in [0.29, 0.717) is 11.4 Å². The van der Waals surface area contributed by atoms with E-state index in [4.69, 9.17) is 0 Å². The quantitative estimate of drug-likeness (QED) is 0.786. The Morgan fingerprint density at radius 3 is 2.58 bits per heavy atom. The first-order valence-electron chi connectivity index (χ1n) is 5.79. The van der Waals surface area contributed by atoms with E-state index in [0.717, 1.165) is 4.90 Å². The van der Waals surface area contributed by atoms with E-state index in [-0.39, 0.29) is 11.7 Å². The Balaban J connectivity index is 2.51. The Labute approximate surface area is 108 Å². The van der Waals surface area contributed by atoms with Gasteiger partial charge in [0.05, 0.1) is 5.69 Å². The fourth-order valence-electron chi connectivity index (χ4n) is 2.13. The zero-order chi connectivity index (χ0) is 14.4. The monoisotopic (exact) mass is 273 g/mol. The molecule has 104 valence electrons. The molecule has 1 aliphatic rings. The summed E-state index contributed by atoms with van der Waals surface area (Å²) < 4.78 is 37.9. The van der Waals surface area contributed by atoms with Gasteiger partial charge in [0.1, 0.15) is 12.6 Å². The number of likely N-dealkylation sites (N-methyl/N-ethyl adjacent to an activating group) is 1. The minimum Gasteiger partial charge on any atom is -0.334 e. The van der Waals surface area contributed by atoms with Crippen molar-refractivity contribution in [2.75, 3.05) is 23.4 Å². The molecule has 1 aliphatic heterocycles. The average Bonchev–Trinajstić information content (AvgIpc) is 2.30. The van der Waals surface area contributed by atoms with E-state index in [2.05, 4.69) is 4.98 Å². The SMILES string of the molecule is Cc1ccc2c(n1)N(CC(F)(F)F)C(C)C(=O)N2C. The lowest BCUT2D eigenvalue weighted by Gasteiger charge is -2.39. The van der Waals surface area contributed by atoms with Gasteiger partial charge < -0.3 is 9.80 Å². The smallest absolute Gasteiger partial charge is 0.334 e. The Kier molecular flexibility index (Phi) is 3.15. The number of rotatable bonds is 1. The summed E-state index contributed by atoms with van der Waals surface area (Å²) in [5.74, 6) is -0.172. The standard InChI is InChI=1S/C12H14F3N3O/c1-7-4-5-9-10(16-7)18(6-12(13,14)15)8(2)11(19)17(9)3/h4-5,8H,6H2,1-3H3. The van der Waals surface area contributed by atoms with Crippen molar-refractivity contribution in [1.82, 2.24) is 4.98 Å². The van der Waals surface area contributed by atoms with Gasteiger partial charge in [-0.15, -0.1) is 0 Å². The second kappa shape index (κ2) is 4.40. The van der Waals surface area contributed by atoms with Crippen molar-refractivity contribution < 1.29 is 18.0 Å². The molecule has 0 N–H and O–H groups in total. The molecule has 19 heavy (non-hydrogen) atoms. The molecule has 1 atom stereocenters. The van der Waals surface area contributed by atoms with Gasteiger partial charge in [0, 0.05) is 12.7 Å². The van der Waals surface area contributed by atoms with Crippen LogP contribution in [-0.2, 0) is 4.79 Å². The van der Waals surface area contributed by atoms with Crippen LogP contribution in [0.2, 0.25) is 0 Å². The summed E-state index contributed by atoms with van der Waals surface area (Å²) in [4.78, 5) is 18.5. The number of amides is 1. The van der Waals surface area contributed by atoms with E-state index in [1.54, 1.807) is 26.1 Å². The van der Waals surface area contributed by atoms with Gasteiger partial charge in [-0.3, -0.25) is 4.79 Å². The molecule has 4 nitrogen and oxygen atoms in total. The van der Waals surface area contributed by atoms with E-state index in [1.807, 2.05) is 0 Å². The van der Waals surface area contributed by atoms with Gasteiger partial charge in [-0.2, -0.15) is 13.2 Å². The predicted octanol–water partition coefficient (Wildman–Crippen LogP) is 2.12. The van der Waals surface area contributed by atoms with Crippen LogP contribution < -0.4 is 9.80 Å². The van der Waals surface area contributed by atoms with Crippen LogP contribution in [0.25, 0.3) is 0 Å². The maximum atomic E-state index is 12.6. The number of aromatic nitrogens is 1. The molecule has 7 heteroatoms. The predicted molar refractivity (Wildman–Crippen MR) is 65.2 cm³/mol. The normalized spacial score (nSPS) is 19.7. The van der Waals surface area contributed by atoms with Crippen LogP contribution in [0, 0.1) is 6.92 Å². The topological polar surface area (TPSA) is 36.4 Å². The van der Waals surface area contributed by atoms with Crippen molar-refractivity contribution in [3.8, 4) is 0 Å². The molecule has 0 spiro atoms. The molecular weight excluding hydrogens is 259 g/mol. The third-order valence-electron chi connectivity index (χ3n) is 3.13. The van der Waals surface area contributed by atoms with E-state index in [9.17, 15) is 18.0 Å². The molecule has 0 aromatic carbocycles. The fraction of sp³-hybridized carbons (Fsp3) is 0.500. The number of anilines is 2. The van der Waals surface area contributed by atoms with E-state index >= 15 is 0 Å². The van der Waals surface area contributed by atoms with Gasteiger partial charge in [-0.1, -0.05) is 0 Å². The molecule has 0 fully saturated rings. The maximum Gasteiger partial charge on any atom is 0.406 e. The zero-order valence-corrected chi connectivity index (χ0v) is 10.8. The third-order valence-corrected chi connectivity index (χ3v) is 3.13. The van der Waals surface area contributed by atoms with Gasteiger partial charge in [-0.05, 0) is 26.0 Å². The van der Waals surface area contributed by atoms with Gasteiger partial charge in [0.2, 0.25) is 5.91 Å². The highest BCUT2D eigenvalue weighted by Gasteiger charge is 2.41. The van der Waals surface area contributed by atoms with Crippen molar-refractivity contribution in [3.63, 3.8) is 0 Å². The molecule has 0 saturated heterocycles. The van der Waals surface area contributed by atoms with Gasteiger partial charge in [-0.25, -0.2) is 4.98 Å². The number of carbonyl (C=O) groups is 1. The molecule has 0 radical (unpaired) electrons. The van der Waals surface area contributed by atoms with E-state index in [1.165, 1.54) is 11.8 Å². The summed E-state index contributed by atoms with van der Waals surface area (Å²) >= 11 is 0. The molecule has 1 aromatic heterocycles. The molecule has 0 bridgehead atoms. The number of hydrogen-bond donors (Lipinski definition) is 0. The molecule has 1 aromatic rings. The lowest BCUT2D eigenvalue weighted by atomic mass is 10.1. The number of nitrogens with zero attached hydrogens (tertiary/aromatic N) is 3. The van der Waals surface area contributed by atoms with Crippen molar-refractivity contribution >= 4 is 17.4 Å². The lowest BCUT2D eigenvalue weighted by Crippen LogP contribution is -2.53.